The second-order valence-electron chi connectivity index (χ2n) is 3.74. The first-order valence-electron chi connectivity index (χ1n) is 5.46. The van der Waals surface area contributed by atoms with Gasteiger partial charge < -0.3 is 5.11 Å². The SMILES string of the molecule is CCc1nccnc1-c1cc(F)cc(C(=O)O)c1. The van der Waals surface area contributed by atoms with Crippen LogP contribution in [0.25, 0.3) is 11.3 Å². The minimum absolute atomic E-state index is 0.0993. The van der Waals surface area contributed by atoms with Crippen molar-refractivity contribution in [1.82, 2.24) is 9.97 Å². The molecule has 0 aliphatic heterocycles. The van der Waals surface area contributed by atoms with Crippen molar-refractivity contribution in [2.75, 3.05) is 0 Å². The van der Waals surface area contributed by atoms with Crippen molar-refractivity contribution in [3.05, 3.63) is 47.7 Å². The maximum absolute atomic E-state index is 13.4. The van der Waals surface area contributed by atoms with Gasteiger partial charge in [-0.05, 0) is 24.6 Å². The number of hydrogen-bond donors (Lipinski definition) is 1. The van der Waals surface area contributed by atoms with Gasteiger partial charge in [-0.1, -0.05) is 6.92 Å². The predicted octanol–water partition coefficient (Wildman–Crippen LogP) is 2.54. The summed E-state index contributed by atoms with van der Waals surface area (Å²) >= 11 is 0. The molecule has 0 saturated carbocycles. The number of benzene rings is 1. The van der Waals surface area contributed by atoms with Crippen LogP contribution in [0.3, 0.4) is 0 Å². The van der Waals surface area contributed by atoms with E-state index in [1.54, 1.807) is 6.20 Å². The summed E-state index contributed by atoms with van der Waals surface area (Å²) in [5, 5.41) is 8.90. The summed E-state index contributed by atoms with van der Waals surface area (Å²) in [6, 6.07) is 3.64. The first kappa shape index (κ1) is 12.2. The highest BCUT2D eigenvalue weighted by atomic mass is 19.1. The van der Waals surface area contributed by atoms with Crippen molar-refractivity contribution >= 4 is 5.97 Å². The number of aromatic nitrogens is 2. The van der Waals surface area contributed by atoms with Gasteiger partial charge in [-0.15, -0.1) is 0 Å². The van der Waals surface area contributed by atoms with Crippen LogP contribution in [0.5, 0.6) is 0 Å². The first-order chi connectivity index (χ1) is 8.61. The highest BCUT2D eigenvalue weighted by Crippen LogP contribution is 2.22. The molecular weight excluding hydrogens is 235 g/mol. The fraction of sp³-hybridized carbons (Fsp3) is 0.154. The minimum Gasteiger partial charge on any atom is -0.478 e. The van der Waals surface area contributed by atoms with Crippen LogP contribution in [0.1, 0.15) is 23.0 Å². The first-order valence-corrected chi connectivity index (χ1v) is 5.46. The Morgan fingerprint density at radius 2 is 2.00 bits per heavy atom. The van der Waals surface area contributed by atoms with Crippen LogP contribution < -0.4 is 0 Å². The summed E-state index contributed by atoms with van der Waals surface area (Å²) in [5.41, 5.74) is 1.55. The van der Waals surface area contributed by atoms with E-state index in [1.165, 1.54) is 18.3 Å². The normalized spacial score (nSPS) is 10.3. The zero-order chi connectivity index (χ0) is 13.1. The lowest BCUT2D eigenvalue weighted by atomic mass is 10.0. The maximum atomic E-state index is 13.4. The molecule has 0 aliphatic rings. The van der Waals surface area contributed by atoms with E-state index in [0.717, 1.165) is 6.07 Å². The lowest BCUT2D eigenvalue weighted by molar-refractivity contribution is 0.0696. The Bertz CT molecular complexity index is 599. The Kier molecular flexibility index (Phi) is 3.32. The fourth-order valence-electron chi connectivity index (χ4n) is 1.72. The largest absolute Gasteiger partial charge is 0.478 e. The molecule has 0 bridgehead atoms. The molecule has 18 heavy (non-hydrogen) atoms. The van der Waals surface area contributed by atoms with E-state index in [0.29, 0.717) is 23.4 Å². The van der Waals surface area contributed by atoms with Crippen LogP contribution >= 0.6 is 0 Å². The zero-order valence-electron chi connectivity index (χ0n) is 9.72. The van der Waals surface area contributed by atoms with Gasteiger partial charge in [0, 0.05) is 18.0 Å². The Labute approximate surface area is 103 Å². The molecule has 92 valence electrons. The number of aromatic carboxylic acids is 1. The predicted molar refractivity (Wildman–Crippen MR) is 63.8 cm³/mol. The van der Waals surface area contributed by atoms with E-state index in [1.807, 2.05) is 6.92 Å². The van der Waals surface area contributed by atoms with Gasteiger partial charge in [0.15, 0.2) is 0 Å². The quantitative estimate of drug-likeness (QED) is 0.903. The summed E-state index contributed by atoms with van der Waals surface area (Å²) in [4.78, 5) is 19.2. The van der Waals surface area contributed by atoms with Gasteiger partial charge >= 0.3 is 5.97 Å². The molecule has 1 heterocycles. The number of carbonyl (C=O) groups is 1. The van der Waals surface area contributed by atoms with Gasteiger partial charge in [0.25, 0.3) is 0 Å². The van der Waals surface area contributed by atoms with Crippen LogP contribution in [0, 0.1) is 5.82 Å². The van der Waals surface area contributed by atoms with Gasteiger partial charge in [-0.2, -0.15) is 0 Å². The van der Waals surface area contributed by atoms with E-state index >= 15 is 0 Å². The summed E-state index contributed by atoms with van der Waals surface area (Å²) in [6.07, 6.45) is 3.70. The summed E-state index contributed by atoms with van der Waals surface area (Å²) in [7, 11) is 0. The second-order valence-corrected chi connectivity index (χ2v) is 3.74. The molecule has 0 fully saturated rings. The maximum Gasteiger partial charge on any atom is 0.335 e. The van der Waals surface area contributed by atoms with Crippen molar-refractivity contribution in [1.29, 1.82) is 0 Å². The average Bonchev–Trinajstić information content (AvgIpc) is 2.38. The Morgan fingerprint density at radius 1 is 1.28 bits per heavy atom. The number of carboxylic acid groups (broad SMARTS) is 1. The summed E-state index contributed by atoms with van der Waals surface area (Å²) in [5.74, 6) is -1.77. The summed E-state index contributed by atoms with van der Waals surface area (Å²) < 4.78 is 13.4. The van der Waals surface area contributed by atoms with Crippen LogP contribution in [-0.2, 0) is 6.42 Å². The average molecular weight is 246 g/mol. The topological polar surface area (TPSA) is 63.1 Å². The van der Waals surface area contributed by atoms with Crippen LogP contribution in [0.2, 0.25) is 0 Å². The van der Waals surface area contributed by atoms with Gasteiger partial charge in [0.2, 0.25) is 0 Å². The number of halogens is 1. The molecule has 0 aliphatic carbocycles. The van der Waals surface area contributed by atoms with E-state index in [2.05, 4.69) is 9.97 Å². The molecule has 5 heteroatoms. The number of rotatable bonds is 3. The monoisotopic (exact) mass is 246 g/mol. The van der Waals surface area contributed by atoms with E-state index in [4.69, 9.17) is 5.11 Å². The van der Waals surface area contributed by atoms with Crippen molar-refractivity contribution in [2.24, 2.45) is 0 Å². The molecule has 1 N–H and O–H groups in total. The van der Waals surface area contributed by atoms with Crippen molar-refractivity contribution in [2.45, 2.75) is 13.3 Å². The Hall–Kier alpha value is -2.30. The van der Waals surface area contributed by atoms with E-state index in [9.17, 15) is 9.18 Å². The molecule has 0 radical (unpaired) electrons. The van der Waals surface area contributed by atoms with Gasteiger partial charge in [-0.3, -0.25) is 9.97 Å². The molecule has 2 aromatic rings. The smallest absolute Gasteiger partial charge is 0.335 e. The van der Waals surface area contributed by atoms with Gasteiger partial charge in [-0.25, -0.2) is 9.18 Å². The zero-order valence-corrected chi connectivity index (χ0v) is 9.72. The molecule has 1 aromatic carbocycles. The highest BCUT2D eigenvalue weighted by Gasteiger charge is 2.12. The van der Waals surface area contributed by atoms with Crippen LogP contribution in [-0.4, -0.2) is 21.0 Å². The number of nitrogens with zero attached hydrogens (tertiary/aromatic N) is 2. The van der Waals surface area contributed by atoms with Crippen molar-refractivity contribution in [3.8, 4) is 11.3 Å². The van der Waals surface area contributed by atoms with Gasteiger partial charge in [0.1, 0.15) is 5.82 Å². The molecule has 1 aromatic heterocycles. The molecule has 0 amide bonds. The Balaban J connectivity index is 2.60. The van der Waals surface area contributed by atoms with E-state index < -0.39 is 11.8 Å². The third-order valence-corrected chi connectivity index (χ3v) is 2.53. The van der Waals surface area contributed by atoms with Crippen LogP contribution in [0.4, 0.5) is 4.39 Å². The Morgan fingerprint density at radius 3 is 2.67 bits per heavy atom. The standard InChI is InChI=1S/C13H11FN2O2/c1-2-11-12(16-4-3-15-11)8-5-9(13(17)18)7-10(14)6-8/h3-7H,2H2,1H3,(H,17,18). The molecule has 0 unspecified atom stereocenters. The third kappa shape index (κ3) is 2.34. The molecule has 0 saturated heterocycles. The van der Waals surface area contributed by atoms with Crippen molar-refractivity contribution in [3.63, 3.8) is 0 Å². The highest BCUT2D eigenvalue weighted by molar-refractivity contribution is 5.89. The molecular formula is C13H11FN2O2. The van der Waals surface area contributed by atoms with Crippen LogP contribution in [0.15, 0.2) is 30.6 Å². The lowest BCUT2D eigenvalue weighted by Crippen LogP contribution is -2.00. The van der Waals surface area contributed by atoms with E-state index in [-0.39, 0.29) is 5.56 Å². The molecule has 0 spiro atoms. The molecule has 2 rings (SSSR count). The second kappa shape index (κ2) is 4.91. The minimum atomic E-state index is -1.17. The third-order valence-electron chi connectivity index (χ3n) is 2.53. The summed E-state index contributed by atoms with van der Waals surface area (Å²) in [6.45, 7) is 1.91. The molecule has 0 atom stereocenters. The molecule has 4 nitrogen and oxygen atoms in total. The van der Waals surface area contributed by atoms with Gasteiger partial charge in [0.05, 0.1) is 17.0 Å². The number of aryl methyl sites for hydroxylation is 1. The number of hydrogen-bond acceptors (Lipinski definition) is 3. The number of carboxylic acids is 1. The lowest BCUT2D eigenvalue weighted by Gasteiger charge is -2.06. The fourth-order valence-corrected chi connectivity index (χ4v) is 1.72. The van der Waals surface area contributed by atoms with Crippen molar-refractivity contribution < 1.29 is 14.3 Å².